The number of rotatable bonds is 5. The molecule has 2 aromatic rings. The summed E-state index contributed by atoms with van der Waals surface area (Å²) in [7, 11) is 0. The monoisotopic (exact) mass is 313 g/mol. The Morgan fingerprint density at radius 2 is 1.52 bits per heavy atom. The number of benzene rings is 2. The first kappa shape index (κ1) is 16.9. The van der Waals surface area contributed by atoms with Crippen LogP contribution in [0.25, 0.3) is 0 Å². The maximum Gasteiger partial charge on any atom is 0.250 e. The third kappa shape index (κ3) is 5.65. The van der Waals surface area contributed by atoms with Crippen LogP contribution in [0.5, 0.6) is 0 Å². The number of alkyl halides is 2. The summed E-state index contributed by atoms with van der Waals surface area (Å²) in [6.07, 6.45) is -2.34. The Kier molecular flexibility index (Phi) is 6.02. The summed E-state index contributed by atoms with van der Waals surface area (Å²) in [5.74, 6) is 6.09. The van der Waals surface area contributed by atoms with E-state index in [-0.39, 0.29) is 12.3 Å². The van der Waals surface area contributed by atoms with Crippen LogP contribution >= 0.6 is 0 Å². The van der Waals surface area contributed by atoms with Crippen LogP contribution in [0.4, 0.5) is 8.78 Å². The molecule has 118 valence electrons. The lowest BCUT2D eigenvalue weighted by Crippen LogP contribution is -2.20. The predicted octanol–water partition coefficient (Wildman–Crippen LogP) is 3.64. The minimum absolute atomic E-state index is 0.0283. The van der Waals surface area contributed by atoms with Crippen LogP contribution in [0.1, 0.15) is 34.0 Å². The molecule has 0 radical (unpaired) electrons. The number of hydrogen-bond acceptors (Lipinski definition) is 2. The maximum atomic E-state index is 12.0. The van der Waals surface area contributed by atoms with E-state index in [0.717, 1.165) is 16.7 Å². The summed E-state index contributed by atoms with van der Waals surface area (Å²) in [5.41, 5.74) is 3.27. The fourth-order valence-electron chi connectivity index (χ4n) is 1.96. The van der Waals surface area contributed by atoms with Gasteiger partial charge in [0.2, 0.25) is 0 Å². The Labute approximate surface area is 134 Å². The van der Waals surface area contributed by atoms with Crippen molar-refractivity contribution in [3.8, 4) is 11.8 Å². The highest BCUT2D eigenvalue weighted by molar-refractivity contribution is 5.94. The molecule has 2 rings (SSSR count). The van der Waals surface area contributed by atoms with Crippen molar-refractivity contribution in [3.63, 3.8) is 0 Å². The molecule has 0 aliphatic rings. The first-order chi connectivity index (χ1) is 11.0. The fraction of sp³-hybridized carbons (Fsp3) is 0.211. The van der Waals surface area contributed by atoms with E-state index in [0.29, 0.717) is 12.1 Å². The second-order valence-corrected chi connectivity index (χ2v) is 5.10. The van der Waals surface area contributed by atoms with Gasteiger partial charge in [-0.2, -0.15) is 0 Å². The van der Waals surface area contributed by atoms with Gasteiger partial charge in [-0.25, -0.2) is 8.78 Å². The number of carbonyl (C=O) groups excluding carboxylic acids is 1. The highest BCUT2D eigenvalue weighted by Gasteiger charge is 2.01. The van der Waals surface area contributed by atoms with Gasteiger partial charge in [0.15, 0.2) is 5.78 Å². The van der Waals surface area contributed by atoms with Crippen molar-refractivity contribution in [1.82, 2.24) is 5.32 Å². The van der Waals surface area contributed by atoms with E-state index in [1.165, 1.54) is 6.92 Å². The third-order valence-corrected chi connectivity index (χ3v) is 3.22. The Hall–Kier alpha value is -2.51. The van der Waals surface area contributed by atoms with Gasteiger partial charge in [0.05, 0.1) is 6.54 Å². The second-order valence-electron chi connectivity index (χ2n) is 5.10. The third-order valence-electron chi connectivity index (χ3n) is 3.22. The second kappa shape index (κ2) is 8.21. The smallest absolute Gasteiger partial charge is 0.250 e. The minimum atomic E-state index is -2.34. The zero-order valence-corrected chi connectivity index (χ0v) is 12.8. The van der Waals surface area contributed by atoms with E-state index in [2.05, 4.69) is 17.2 Å². The Morgan fingerprint density at radius 1 is 1.00 bits per heavy atom. The lowest BCUT2D eigenvalue weighted by Gasteiger charge is -2.03. The summed E-state index contributed by atoms with van der Waals surface area (Å²) >= 11 is 0. The van der Waals surface area contributed by atoms with Crippen LogP contribution < -0.4 is 5.32 Å². The number of carbonyl (C=O) groups is 1. The van der Waals surface area contributed by atoms with Crippen LogP contribution in [0.2, 0.25) is 0 Å². The Morgan fingerprint density at radius 3 is 2.00 bits per heavy atom. The van der Waals surface area contributed by atoms with Crippen molar-refractivity contribution in [2.75, 3.05) is 6.54 Å². The predicted molar refractivity (Wildman–Crippen MR) is 86.6 cm³/mol. The summed E-state index contributed by atoms with van der Waals surface area (Å²) in [5, 5.41) is 2.68. The molecule has 0 aromatic heterocycles. The Bertz CT molecular complexity index is 710. The molecule has 0 aliphatic carbocycles. The van der Waals surface area contributed by atoms with Crippen molar-refractivity contribution in [1.29, 1.82) is 0 Å². The van der Waals surface area contributed by atoms with Crippen LogP contribution in [-0.4, -0.2) is 18.8 Å². The minimum Gasteiger partial charge on any atom is -0.307 e. The van der Waals surface area contributed by atoms with E-state index >= 15 is 0 Å². The quantitative estimate of drug-likeness (QED) is 0.674. The molecule has 0 aliphatic heterocycles. The van der Waals surface area contributed by atoms with E-state index in [4.69, 9.17) is 0 Å². The number of ketones is 1. The van der Waals surface area contributed by atoms with Crippen LogP contribution in [0, 0.1) is 11.8 Å². The average molecular weight is 313 g/mol. The van der Waals surface area contributed by atoms with E-state index in [9.17, 15) is 13.6 Å². The molecule has 0 fully saturated rings. The molecule has 2 aromatic carbocycles. The molecule has 1 N–H and O–H groups in total. The molecule has 0 amide bonds. The van der Waals surface area contributed by atoms with Gasteiger partial charge >= 0.3 is 0 Å². The first-order valence-electron chi connectivity index (χ1n) is 7.25. The van der Waals surface area contributed by atoms with Gasteiger partial charge in [0, 0.05) is 23.2 Å². The van der Waals surface area contributed by atoms with Crippen molar-refractivity contribution in [2.24, 2.45) is 0 Å². The molecule has 0 heterocycles. The standard InChI is InChI=1S/C19H17F2NO/c1-14(23)18-10-8-16(9-11-18)3-2-15-4-6-17(7-5-15)12-22-13-19(20)21/h4-11,19,22H,12-13H2,1H3. The lowest BCUT2D eigenvalue weighted by molar-refractivity contribution is 0.101. The molecule has 2 nitrogen and oxygen atoms in total. The SMILES string of the molecule is CC(=O)c1ccc(C#Cc2ccc(CNCC(F)F)cc2)cc1. The van der Waals surface area contributed by atoms with Gasteiger partial charge in [-0.1, -0.05) is 36.1 Å². The van der Waals surface area contributed by atoms with Crippen molar-refractivity contribution in [3.05, 3.63) is 70.8 Å². The van der Waals surface area contributed by atoms with Gasteiger partial charge in [-0.05, 0) is 36.8 Å². The summed E-state index contributed by atoms with van der Waals surface area (Å²) < 4.78 is 24.1. The molecule has 4 heteroatoms. The van der Waals surface area contributed by atoms with Crippen molar-refractivity contribution < 1.29 is 13.6 Å². The van der Waals surface area contributed by atoms with Crippen LogP contribution in [0.15, 0.2) is 48.5 Å². The number of Topliss-reactive ketones (excluding diaryl/α,β-unsaturated/α-hetero) is 1. The van der Waals surface area contributed by atoms with Crippen LogP contribution in [-0.2, 0) is 6.54 Å². The van der Waals surface area contributed by atoms with Crippen molar-refractivity contribution in [2.45, 2.75) is 19.9 Å². The molecule has 23 heavy (non-hydrogen) atoms. The van der Waals surface area contributed by atoms with E-state index < -0.39 is 6.43 Å². The lowest BCUT2D eigenvalue weighted by atomic mass is 10.1. The maximum absolute atomic E-state index is 12.0. The molecule has 0 unspecified atom stereocenters. The van der Waals surface area contributed by atoms with Gasteiger partial charge in [-0.3, -0.25) is 4.79 Å². The van der Waals surface area contributed by atoms with E-state index in [1.54, 1.807) is 12.1 Å². The fourth-order valence-corrected chi connectivity index (χ4v) is 1.96. The van der Waals surface area contributed by atoms with Gasteiger partial charge in [0.1, 0.15) is 0 Å². The van der Waals surface area contributed by atoms with Crippen molar-refractivity contribution >= 4 is 5.78 Å². The van der Waals surface area contributed by atoms with Gasteiger partial charge in [-0.15, -0.1) is 0 Å². The topological polar surface area (TPSA) is 29.1 Å². The zero-order chi connectivity index (χ0) is 16.7. The summed E-state index contributed by atoms with van der Waals surface area (Å²) in [6.45, 7) is 1.63. The van der Waals surface area contributed by atoms with Gasteiger partial charge < -0.3 is 5.32 Å². The van der Waals surface area contributed by atoms with Gasteiger partial charge in [0.25, 0.3) is 6.43 Å². The molecular weight excluding hydrogens is 296 g/mol. The molecular formula is C19H17F2NO. The summed E-state index contributed by atoms with van der Waals surface area (Å²) in [4.78, 5) is 11.2. The van der Waals surface area contributed by atoms with Crippen LogP contribution in [0.3, 0.4) is 0 Å². The highest BCUT2D eigenvalue weighted by Crippen LogP contribution is 2.06. The van der Waals surface area contributed by atoms with E-state index in [1.807, 2.05) is 36.4 Å². The highest BCUT2D eigenvalue weighted by atomic mass is 19.3. The molecule has 0 atom stereocenters. The molecule has 0 spiro atoms. The summed E-state index contributed by atoms with van der Waals surface area (Å²) in [6, 6.07) is 14.6. The zero-order valence-electron chi connectivity index (χ0n) is 12.8. The molecule has 0 saturated heterocycles. The normalized spacial score (nSPS) is 10.3. The number of nitrogens with one attached hydrogen (secondary N) is 1. The Balaban J connectivity index is 1.97. The number of halogens is 2. The largest absolute Gasteiger partial charge is 0.307 e. The number of hydrogen-bond donors (Lipinski definition) is 1. The average Bonchev–Trinajstić information content (AvgIpc) is 2.54. The first-order valence-corrected chi connectivity index (χ1v) is 7.25. The molecule has 0 saturated carbocycles. The molecule has 0 bridgehead atoms.